The van der Waals surface area contributed by atoms with Crippen LogP contribution in [0, 0.1) is 0 Å². The standard InChI is InChI=1S/C23H48N2O/c1-2-3-4-5-6-7-8-9-10-11-12-13-14-15-16-17-18-19-22-25-23(26)20-21-24/h2-22,24H2,1H3,(H,25,26). The SMILES string of the molecule is CCCCCCCCCCCCCCCCCCCCNC(=O)CCN. The third-order valence-corrected chi connectivity index (χ3v) is 5.22. The second kappa shape index (κ2) is 22.5. The van der Waals surface area contributed by atoms with Crippen molar-refractivity contribution < 1.29 is 4.79 Å². The Hall–Kier alpha value is -0.570. The van der Waals surface area contributed by atoms with Crippen LogP contribution in [0.5, 0.6) is 0 Å². The monoisotopic (exact) mass is 368 g/mol. The Morgan fingerprint density at radius 2 is 0.962 bits per heavy atom. The fraction of sp³-hybridized carbons (Fsp3) is 0.957. The van der Waals surface area contributed by atoms with Gasteiger partial charge in [-0.15, -0.1) is 0 Å². The number of hydrogen-bond donors (Lipinski definition) is 2. The molecule has 0 radical (unpaired) electrons. The summed E-state index contributed by atoms with van der Waals surface area (Å²) in [6.45, 7) is 3.55. The molecule has 0 unspecified atom stereocenters. The summed E-state index contributed by atoms with van der Waals surface area (Å²) in [4.78, 5) is 11.2. The van der Waals surface area contributed by atoms with Gasteiger partial charge in [-0.3, -0.25) is 4.79 Å². The first-order valence-electron chi connectivity index (χ1n) is 11.8. The molecule has 0 spiro atoms. The van der Waals surface area contributed by atoms with Crippen molar-refractivity contribution in [1.82, 2.24) is 5.32 Å². The van der Waals surface area contributed by atoms with E-state index in [0.29, 0.717) is 13.0 Å². The lowest BCUT2D eigenvalue weighted by atomic mass is 10.0. The largest absolute Gasteiger partial charge is 0.356 e. The van der Waals surface area contributed by atoms with E-state index in [1.807, 2.05) is 0 Å². The molecule has 3 heteroatoms. The van der Waals surface area contributed by atoms with Gasteiger partial charge in [0.15, 0.2) is 0 Å². The number of hydrogen-bond acceptors (Lipinski definition) is 2. The molecule has 0 saturated heterocycles. The van der Waals surface area contributed by atoms with E-state index in [1.165, 1.54) is 109 Å². The summed E-state index contributed by atoms with van der Waals surface area (Å²) in [5.41, 5.74) is 5.34. The second-order valence-corrected chi connectivity index (χ2v) is 7.90. The minimum atomic E-state index is 0.0967. The van der Waals surface area contributed by atoms with E-state index in [4.69, 9.17) is 5.73 Å². The summed E-state index contributed by atoms with van der Waals surface area (Å²) < 4.78 is 0. The molecule has 0 aromatic rings. The summed E-state index contributed by atoms with van der Waals surface area (Å²) in [5, 5.41) is 2.92. The first-order chi connectivity index (χ1) is 12.8. The highest BCUT2D eigenvalue weighted by Crippen LogP contribution is 2.14. The van der Waals surface area contributed by atoms with Gasteiger partial charge < -0.3 is 11.1 Å². The van der Waals surface area contributed by atoms with Crippen LogP contribution in [0.4, 0.5) is 0 Å². The maximum atomic E-state index is 11.2. The average Bonchev–Trinajstić information content (AvgIpc) is 2.64. The molecule has 0 aromatic carbocycles. The Bertz CT molecular complexity index is 281. The van der Waals surface area contributed by atoms with E-state index >= 15 is 0 Å². The molecule has 3 nitrogen and oxygen atoms in total. The fourth-order valence-electron chi connectivity index (χ4n) is 3.47. The summed E-state index contributed by atoms with van der Waals surface area (Å²) >= 11 is 0. The highest BCUT2D eigenvalue weighted by molar-refractivity contribution is 5.75. The Morgan fingerprint density at radius 3 is 1.31 bits per heavy atom. The maximum Gasteiger partial charge on any atom is 0.221 e. The van der Waals surface area contributed by atoms with Crippen molar-refractivity contribution in [3.8, 4) is 0 Å². The molecule has 26 heavy (non-hydrogen) atoms. The fourth-order valence-corrected chi connectivity index (χ4v) is 3.47. The molecule has 3 N–H and O–H groups in total. The Kier molecular flexibility index (Phi) is 22.0. The molecule has 0 aliphatic carbocycles. The zero-order valence-electron chi connectivity index (χ0n) is 17.8. The third-order valence-electron chi connectivity index (χ3n) is 5.22. The number of amides is 1. The van der Waals surface area contributed by atoms with Crippen LogP contribution in [0.2, 0.25) is 0 Å². The molecule has 0 fully saturated rings. The van der Waals surface area contributed by atoms with Crippen molar-refractivity contribution >= 4 is 5.91 Å². The number of carbonyl (C=O) groups is 1. The molecular weight excluding hydrogens is 320 g/mol. The third kappa shape index (κ3) is 21.5. The van der Waals surface area contributed by atoms with E-state index < -0.39 is 0 Å². The zero-order chi connectivity index (χ0) is 19.1. The molecular formula is C23H48N2O. The van der Waals surface area contributed by atoms with Crippen molar-refractivity contribution in [3.63, 3.8) is 0 Å². The van der Waals surface area contributed by atoms with E-state index in [9.17, 15) is 4.79 Å². The number of unbranched alkanes of at least 4 members (excludes halogenated alkanes) is 17. The van der Waals surface area contributed by atoms with Gasteiger partial charge in [-0.25, -0.2) is 0 Å². The molecule has 0 rings (SSSR count). The quantitative estimate of drug-likeness (QED) is 0.227. The van der Waals surface area contributed by atoms with Crippen molar-refractivity contribution in [2.45, 2.75) is 129 Å². The molecule has 0 atom stereocenters. The highest BCUT2D eigenvalue weighted by Gasteiger charge is 1.98. The second-order valence-electron chi connectivity index (χ2n) is 7.90. The lowest BCUT2D eigenvalue weighted by Gasteiger charge is -2.05. The number of rotatable bonds is 21. The Labute approximate surface area is 164 Å². The zero-order valence-corrected chi connectivity index (χ0v) is 17.8. The number of nitrogens with two attached hydrogens (primary N) is 1. The smallest absolute Gasteiger partial charge is 0.221 e. The minimum Gasteiger partial charge on any atom is -0.356 e. The predicted molar refractivity (Wildman–Crippen MR) is 115 cm³/mol. The molecule has 1 amide bonds. The number of nitrogens with one attached hydrogen (secondary N) is 1. The van der Waals surface area contributed by atoms with E-state index in [0.717, 1.165) is 13.0 Å². The van der Waals surface area contributed by atoms with Gasteiger partial charge in [-0.2, -0.15) is 0 Å². The van der Waals surface area contributed by atoms with Crippen LogP contribution in [0.3, 0.4) is 0 Å². The summed E-state index contributed by atoms with van der Waals surface area (Å²) in [5.74, 6) is 0.0967. The van der Waals surface area contributed by atoms with Crippen LogP contribution in [0.1, 0.15) is 129 Å². The predicted octanol–water partition coefficient (Wildman–Crippen LogP) is 6.49. The van der Waals surface area contributed by atoms with Crippen molar-refractivity contribution in [2.24, 2.45) is 5.73 Å². The van der Waals surface area contributed by atoms with Gasteiger partial charge in [0.2, 0.25) is 5.91 Å². The van der Waals surface area contributed by atoms with Gasteiger partial charge >= 0.3 is 0 Å². The van der Waals surface area contributed by atoms with E-state index in [1.54, 1.807) is 0 Å². The van der Waals surface area contributed by atoms with Crippen LogP contribution in [-0.2, 0) is 4.79 Å². The van der Waals surface area contributed by atoms with Gasteiger partial charge in [0.25, 0.3) is 0 Å². The molecule has 156 valence electrons. The van der Waals surface area contributed by atoms with Gasteiger partial charge in [0, 0.05) is 19.5 Å². The van der Waals surface area contributed by atoms with Gasteiger partial charge in [0.1, 0.15) is 0 Å². The summed E-state index contributed by atoms with van der Waals surface area (Å²) in [6.07, 6.45) is 25.5. The van der Waals surface area contributed by atoms with Crippen molar-refractivity contribution in [1.29, 1.82) is 0 Å². The first kappa shape index (κ1) is 25.4. The van der Waals surface area contributed by atoms with Crippen LogP contribution in [0.25, 0.3) is 0 Å². The molecule has 0 saturated carbocycles. The summed E-state index contributed by atoms with van der Waals surface area (Å²) in [6, 6.07) is 0. The van der Waals surface area contributed by atoms with Gasteiger partial charge in [-0.05, 0) is 6.42 Å². The Balaban J connectivity index is 3.02. The molecule has 0 aliphatic heterocycles. The Morgan fingerprint density at radius 1 is 0.615 bits per heavy atom. The lowest BCUT2D eigenvalue weighted by molar-refractivity contribution is -0.120. The first-order valence-corrected chi connectivity index (χ1v) is 11.8. The van der Waals surface area contributed by atoms with Crippen LogP contribution in [0.15, 0.2) is 0 Å². The number of carbonyl (C=O) groups excluding carboxylic acids is 1. The van der Waals surface area contributed by atoms with E-state index in [-0.39, 0.29) is 5.91 Å². The van der Waals surface area contributed by atoms with Crippen LogP contribution in [-0.4, -0.2) is 19.0 Å². The average molecular weight is 369 g/mol. The minimum absolute atomic E-state index is 0.0967. The van der Waals surface area contributed by atoms with Crippen LogP contribution < -0.4 is 11.1 Å². The summed E-state index contributed by atoms with van der Waals surface area (Å²) in [7, 11) is 0. The lowest BCUT2D eigenvalue weighted by Crippen LogP contribution is -2.26. The molecule has 0 bridgehead atoms. The van der Waals surface area contributed by atoms with Crippen molar-refractivity contribution in [3.05, 3.63) is 0 Å². The van der Waals surface area contributed by atoms with Crippen molar-refractivity contribution in [2.75, 3.05) is 13.1 Å². The molecule has 0 heterocycles. The van der Waals surface area contributed by atoms with Gasteiger partial charge in [0.05, 0.1) is 0 Å². The highest BCUT2D eigenvalue weighted by atomic mass is 16.1. The van der Waals surface area contributed by atoms with Crippen LogP contribution >= 0.6 is 0 Å². The normalized spacial score (nSPS) is 11.0. The topological polar surface area (TPSA) is 55.1 Å². The van der Waals surface area contributed by atoms with E-state index in [2.05, 4.69) is 12.2 Å². The maximum absolute atomic E-state index is 11.2. The molecule has 0 aliphatic rings. The molecule has 0 aromatic heterocycles. The van der Waals surface area contributed by atoms with Gasteiger partial charge in [-0.1, -0.05) is 116 Å².